The van der Waals surface area contributed by atoms with Gasteiger partial charge in [0.05, 0.1) is 12.1 Å². The fourth-order valence-electron chi connectivity index (χ4n) is 3.75. The molecule has 1 aromatic carbocycles. The summed E-state index contributed by atoms with van der Waals surface area (Å²) in [5.41, 5.74) is -0.494. The van der Waals surface area contributed by atoms with E-state index in [0.29, 0.717) is 12.3 Å². The average Bonchev–Trinajstić information content (AvgIpc) is 3.26. The van der Waals surface area contributed by atoms with Crippen LogP contribution in [-0.2, 0) is 12.7 Å². The van der Waals surface area contributed by atoms with Gasteiger partial charge in [0.1, 0.15) is 5.69 Å². The number of anilines is 1. The Bertz CT molecular complexity index is 1000. The molecule has 0 bridgehead atoms. The van der Waals surface area contributed by atoms with Crippen LogP contribution < -0.4 is 4.90 Å². The van der Waals surface area contributed by atoms with Crippen LogP contribution in [0.4, 0.5) is 19.1 Å². The van der Waals surface area contributed by atoms with Crippen molar-refractivity contribution < 1.29 is 17.7 Å². The highest BCUT2D eigenvalue weighted by Gasteiger charge is 2.34. The molecule has 1 saturated heterocycles. The van der Waals surface area contributed by atoms with Crippen LogP contribution in [-0.4, -0.2) is 71.2 Å². The summed E-state index contributed by atoms with van der Waals surface area (Å²) in [6.45, 7) is 5.75. The molecule has 4 rings (SSSR count). The maximum atomic E-state index is 13.3. The molecular weight excluding hydrogens is 421 g/mol. The van der Waals surface area contributed by atoms with Crippen LogP contribution in [0.2, 0.25) is 0 Å². The van der Waals surface area contributed by atoms with Crippen LogP contribution in [0.3, 0.4) is 0 Å². The lowest BCUT2D eigenvalue weighted by Crippen LogP contribution is -2.48. The molecule has 0 radical (unpaired) electrons. The minimum Gasteiger partial charge on any atom is -0.359 e. The third-order valence-corrected chi connectivity index (χ3v) is 5.50. The molecule has 0 amide bonds. The second kappa shape index (κ2) is 9.66. The van der Waals surface area contributed by atoms with E-state index in [0.717, 1.165) is 51.3 Å². The van der Waals surface area contributed by atoms with E-state index in [2.05, 4.69) is 29.8 Å². The maximum absolute atomic E-state index is 13.3. The molecule has 32 heavy (non-hydrogen) atoms. The number of piperazine rings is 1. The van der Waals surface area contributed by atoms with Gasteiger partial charge in [0, 0.05) is 63.3 Å². The van der Waals surface area contributed by atoms with Gasteiger partial charge >= 0.3 is 6.18 Å². The zero-order chi connectivity index (χ0) is 22.6. The first kappa shape index (κ1) is 22.2. The van der Waals surface area contributed by atoms with E-state index in [9.17, 15) is 13.2 Å². The maximum Gasteiger partial charge on any atom is 0.417 e. The molecule has 0 saturated carbocycles. The molecule has 10 heteroatoms. The Balaban J connectivity index is 1.27. The number of benzene rings is 1. The van der Waals surface area contributed by atoms with E-state index >= 15 is 0 Å². The minimum atomic E-state index is -4.44. The molecule has 1 fully saturated rings. The highest BCUT2D eigenvalue weighted by molar-refractivity contribution is 5.64. The number of nitrogens with zero attached hydrogens (tertiary/aromatic N) is 6. The summed E-state index contributed by atoms with van der Waals surface area (Å²) in [5, 5.41) is 3.87. The normalized spacial score (nSPS) is 15.5. The Morgan fingerprint density at radius 2 is 1.75 bits per heavy atom. The van der Waals surface area contributed by atoms with E-state index in [1.165, 1.54) is 12.1 Å². The van der Waals surface area contributed by atoms with Crippen molar-refractivity contribution in [1.82, 2.24) is 24.9 Å². The number of hydrogen-bond donors (Lipinski definition) is 0. The van der Waals surface area contributed by atoms with Gasteiger partial charge in [-0.3, -0.25) is 9.80 Å². The van der Waals surface area contributed by atoms with Crippen molar-refractivity contribution in [2.45, 2.75) is 12.7 Å². The summed E-state index contributed by atoms with van der Waals surface area (Å²) < 4.78 is 45.1. The molecule has 0 unspecified atom stereocenters. The van der Waals surface area contributed by atoms with Gasteiger partial charge in [0.25, 0.3) is 0 Å². The standard InChI is InChI=1S/C22H25F3N6O/c1-29(9-10-30-11-13-31(14-12-30)21-26-7-4-8-27-21)16-17-15-20(28-32-17)18-5-2-3-6-19(18)22(23,24)25/h2-8,15H,9-14,16H2,1H3. The van der Waals surface area contributed by atoms with Gasteiger partial charge in [0.2, 0.25) is 5.95 Å². The highest BCUT2D eigenvalue weighted by Crippen LogP contribution is 2.36. The number of rotatable bonds is 7. The molecule has 0 atom stereocenters. The van der Waals surface area contributed by atoms with Crippen LogP contribution in [0.25, 0.3) is 11.3 Å². The van der Waals surface area contributed by atoms with Gasteiger partial charge in [-0.25, -0.2) is 9.97 Å². The quantitative estimate of drug-likeness (QED) is 0.551. The van der Waals surface area contributed by atoms with Gasteiger partial charge in [-0.05, 0) is 19.2 Å². The number of hydrogen-bond acceptors (Lipinski definition) is 7. The Labute approximate surface area is 184 Å². The summed E-state index contributed by atoms with van der Waals surface area (Å²) in [4.78, 5) is 15.2. The zero-order valence-electron chi connectivity index (χ0n) is 17.8. The van der Waals surface area contributed by atoms with E-state index in [-0.39, 0.29) is 11.3 Å². The van der Waals surface area contributed by atoms with Crippen molar-refractivity contribution in [2.75, 3.05) is 51.2 Å². The van der Waals surface area contributed by atoms with Crippen molar-refractivity contribution >= 4 is 5.95 Å². The first-order valence-electron chi connectivity index (χ1n) is 10.5. The summed E-state index contributed by atoms with van der Waals surface area (Å²) in [7, 11) is 1.96. The van der Waals surface area contributed by atoms with E-state index in [1.54, 1.807) is 24.5 Å². The fraction of sp³-hybridized carbons (Fsp3) is 0.409. The molecular formula is C22H25F3N6O. The minimum absolute atomic E-state index is 0.0259. The van der Waals surface area contributed by atoms with Crippen LogP contribution in [0.5, 0.6) is 0 Å². The molecule has 3 aromatic rings. The van der Waals surface area contributed by atoms with Gasteiger partial charge < -0.3 is 9.42 Å². The van der Waals surface area contributed by atoms with Crippen molar-refractivity contribution in [3.63, 3.8) is 0 Å². The summed E-state index contributed by atoms with van der Waals surface area (Å²) in [6.07, 6.45) is -0.941. The molecule has 0 aliphatic carbocycles. The first-order valence-corrected chi connectivity index (χ1v) is 10.5. The third kappa shape index (κ3) is 5.43. The summed E-state index contributed by atoms with van der Waals surface area (Å²) in [6, 6.07) is 8.79. The van der Waals surface area contributed by atoms with Crippen molar-refractivity contribution in [1.29, 1.82) is 0 Å². The Kier molecular flexibility index (Phi) is 6.71. The lowest BCUT2D eigenvalue weighted by atomic mass is 10.0. The predicted molar refractivity (Wildman–Crippen MR) is 114 cm³/mol. The molecule has 3 heterocycles. The number of aromatic nitrogens is 3. The smallest absolute Gasteiger partial charge is 0.359 e. The van der Waals surface area contributed by atoms with Crippen LogP contribution in [0, 0.1) is 0 Å². The van der Waals surface area contributed by atoms with E-state index in [4.69, 9.17) is 4.52 Å². The van der Waals surface area contributed by atoms with Gasteiger partial charge in [-0.1, -0.05) is 23.4 Å². The second-order valence-electron chi connectivity index (χ2n) is 7.84. The summed E-state index contributed by atoms with van der Waals surface area (Å²) in [5.74, 6) is 1.29. The average molecular weight is 446 g/mol. The zero-order valence-corrected chi connectivity index (χ0v) is 17.8. The van der Waals surface area contributed by atoms with Crippen molar-refractivity contribution in [3.05, 3.63) is 60.1 Å². The van der Waals surface area contributed by atoms with Crippen LogP contribution in [0.15, 0.2) is 53.3 Å². The lowest BCUT2D eigenvalue weighted by Gasteiger charge is -2.35. The number of alkyl halides is 3. The first-order chi connectivity index (χ1) is 15.4. The fourth-order valence-corrected chi connectivity index (χ4v) is 3.75. The van der Waals surface area contributed by atoms with Crippen LogP contribution in [0.1, 0.15) is 11.3 Å². The van der Waals surface area contributed by atoms with E-state index < -0.39 is 11.7 Å². The predicted octanol–water partition coefficient (Wildman–Crippen LogP) is 3.40. The largest absolute Gasteiger partial charge is 0.417 e. The number of halogens is 3. The molecule has 7 nitrogen and oxygen atoms in total. The van der Waals surface area contributed by atoms with Gasteiger partial charge in [-0.15, -0.1) is 0 Å². The SMILES string of the molecule is CN(CCN1CCN(c2ncccn2)CC1)Cc1cc(-c2ccccc2C(F)(F)F)no1. The molecule has 1 aliphatic heterocycles. The Morgan fingerprint density at radius 1 is 1.03 bits per heavy atom. The van der Waals surface area contributed by atoms with Gasteiger partial charge in [0.15, 0.2) is 5.76 Å². The van der Waals surface area contributed by atoms with Gasteiger partial charge in [-0.2, -0.15) is 13.2 Å². The molecule has 170 valence electrons. The lowest BCUT2D eigenvalue weighted by molar-refractivity contribution is -0.137. The number of likely N-dealkylation sites (N-methyl/N-ethyl adjacent to an activating group) is 1. The molecule has 0 spiro atoms. The Morgan fingerprint density at radius 3 is 2.47 bits per heavy atom. The topological polar surface area (TPSA) is 61.5 Å². The summed E-state index contributed by atoms with van der Waals surface area (Å²) >= 11 is 0. The highest BCUT2D eigenvalue weighted by atomic mass is 19.4. The van der Waals surface area contributed by atoms with Crippen LogP contribution >= 0.6 is 0 Å². The molecule has 0 N–H and O–H groups in total. The second-order valence-corrected chi connectivity index (χ2v) is 7.84. The molecule has 2 aromatic heterocycles. The third-order valence-electron chi connectivity index (χ3n) is 5.50. The monoisotopic (exact) mass is 446 g/mol. The van der Waals surface area contributed by atoms with Crippen molar-refractivity contribution in [3.8, 4) is 11.3 Å². The van der Waals surface area contributed by atoms with Crippen molar-refractivity contribution in [2.24, 2.45) is 0 Å². The molecule has 1 aliphatic rings. The van der Waals surface area contributed by atoms with E-state index in [1.807, 2.05) is 13.1 Å². The Hall–Kier alpha value is -2.98.